The van der Waals surface area contributed by atoms with Crippen molar-refractivity contribution >= 4 is 11.6 Å². The molecule has 0 heterocycles. The van der Waals surface area contributed by atoms with E-state index in [4.69, 9.17) is 0 Å². The van der Waals surface area contributed by atoms with E-state index in [9.17, 15) is 9.18 Å². The molecule has 86 valence electrons. The first-order valence-electron chi connectivity index (χ1n) is 5.38. The Labute approximate surface area is 94.0 Å². The van der Waals surface area contributed by atoms with Crippen molar-refractivity contribution in [3.63, 3.8) is 0 Å². The number of hydrogen-bond acceptors (Lipinski definition) is 2. The van der Waals surface area contributed by atoms with Crippen LogP contribution in [0.4, 0.5) is 10.1 Å². The molecule has 0 saturated heterocycles. The maximum atomic E-state index is 13.2. The smallest absolute Gasteiger partial charge is 0.238 e. The summed E-state index contributed by atoms with van der Waals surface area (Å²) in [4.78, 5) is 11.5. The summed E-state index contributed by atoms with van der Waals surface area (Å²) in [5, 5.41) is 5.67. The Morgan fingerprint density at radius 2 is 2.12 bits per heavy atom. The largest absolute Gasteiger partial charge is 0.322 e. The second-order valence-corrected chi connectivity index (χ2v) is 4.44. The summed E-state index contributed by atoms with van der Waals surface area (Å²) in [6, 6.07) is 6.15. The van der Waals surface area contributed by atoms with E-state index < -0.39 is 5.82 Å². The van der Waals surface area contributed by atoms with Crippen molar-refractivity contribution in [1.82, 2.24) is 5.32 Å². The van der Waals surface area contributed by atoms with Crippen LogP contribution in [-0.2, 0) is 4.79 Å². The van der Waals surface area contributed by atoms with E-state index in [0.29, 0.717) is 0 Å². The molecule has 0 bridgehead atoms. The van der Waals surface area contributed by atoms with Crippen LogP contribution in [0.2, 0.25) is 0 Å². The van der Waals surface area contributed by atoms with Gasteiger partial charge in [-0.2, -0.15) is 0 Å². The van der Waals surface area contributed by atoms with Gasteiger partial charge in [0.05, 0.1) is 12.2 Å². The Hall–Kier alpha value is -1.42. The van der Waals surface area contributed by atoms with E-state index in [1.54, 1.807) is 18.2 Å². The van der Waals surface area contributed by atoms with E-state index in [0.717, 1.165) is 12.8 Å². The molecule has 1 aromatic rings. The zero-order chi connectivity index (χ0) is 11.6. The van der Waals surface area contributed by atoms with Crippen LogP contribution in [0, 0.1) is 5.82 Å². The predicted molar refractivity (Wildman–Crippen MR) is 60.7 cm³/mol. The molecule has 2 N–H and O–H groups in total. The standard InChI is InChI=1S/C12H15FN2O/c1-12(6-7-12)14-8-11(16)15-10-5-3-2-4-9(10)13/h2-5,14H,6-8H2,1H3,(H,15,16). The van der Waals surface area contributed by atoms with Gasteiger partial charge in [-0.3, -0.25) is 4.79 Å². The molecule has 16 heavy (non-hydrogen) atoms. The first-order chi connectivity index (χ1) is 7.59. The molecule has 1 aromatic carbocycles. The second kappa shape index (κ2) is 4.22. The van der Waals surface area contributed by atoms with E-state index >= 15 is 0 Å². The number of carbonyl (C=O) groups excluding carboxylic acids is 1. The quantitative estimate of drug-likeness (QED) is 0.817. The molecule has 0 aromatic heterocycles. The van der Waals surface area contributed by atoms with Crippen LogP contribution in [0.1, 0.15) is 19.8 Å². The van der Waals surface area contributed by atoms with Crippen LogP contribution in [-0.4, -0.2) is 18.0 Å². The number of para-hydroxylation sites is 1. The normalized spacial score (nSPS) is 16.9. The molecule has 1 fully saturated rings. The minimum atomic E-state index is -0.409. The number of anilines is 1. The van der Waals surface area contributed by atoms with Crippen molar-refractivity contribution in [1.29, 1.82) is 0 Å². The number of carbonyl (C=O) groups is 1. The number of rotatable bonds is 4. The molecule has 2 rings (SSSR count). The van der Waals surface area contributed by atoms with Gasteiger partial charge in [0, 0.05) is 5.54 Å². The Morgan fingerprint density at radius 1 is 1.44 bits per heavy atom. The van der Waals surface area contributed by atoms with E-state index in [2.05, 4.69) is 17.6 Å². The van der Waals surface area contributed by atoms with Crippen LogP contribution in [0.5, 0.6) is 0 Å². The Kier molecular flexibility index (Phi) is 2.92. The summed E-state index contributed by atoms with van der Waals surface area (Å²) < 4.78 is 13.2. The van der Waals surface area contributed by atoms with Crippen LogP contribution in [0.15, 0.2) is 24.3 Å². The molecule has 0 atom stereocenters. The molecular formula is C12H15FN2O. The molecular weight excluding hydrogens is 207 g/mol. The van der Waals surface area contributed by atoms with Gasteiger partial charge < -0.3 is 10.6 Å². The third kappa shape index (κ3) is 2.79. The fourth-order valence-electron chi connectivity index (χ4n) is 1.41. The van der Waals surface area contributed by atoms with E-state index in [-0.39, 0.29) is 23.7 Å². The summed E-state index contributed by atoms with van der Waals surface area (Å²) in [5.41, 5.74) is 0.349. The highest BCUT2D eigenvalue weighted by Crippen LogP contribution is 2.33. The Bertz CT molecular complexity index is 402. The van der Waals surface area contributed by atoms with Gasteiger partial charge in [0.15, 0.2) is 0 Å². The average Bonchev–Trinajstić information content (AvgIpc) is 2.98. The van der Waals surface area contributed by atoms with Gasteiger partial charge in [-0.05, 0) is 31.9 Å². The van der Waals surface area contributed by atoms with Crippen molar-refractivity contribution in [3.8, 4) is 0 Å². The summed E-state index contributed by atoms with van der Waals surface area (Å²) in [5.74, 6) is -0.619. The summed E-state index contributed by atoms with van der Waals surface area (Å²) in [6.07, 6.45) is 2.19. The average molecular weight is 222 g/mol. The second-order valence-electron chi connectivity index (χ2n) is 4.44. The number of nitrogens with one attached hydrogen (secondary N) is 2. The molecule has 0 aliphatic heterocycles. The first kappa shape index (κ1) is 11.1. The molecule has 1 saturated carbocycles. The fourth-order valence-corrected chi connectivity index (χ4v) is 1.41. The minimum absolute atomic E-state index is 0.118. The molecule has 0 unspecified atom stereocenters. The van der Waals surface area contributed by atoms with Crippen molar-refractivity contribution < 1.29 is 9.18 Å². The van der Waals surface area contributed by atoms with Gasteiger partial charge in [0.1, 0.15) is 5.82 Å². The zero-order valence-corrected chi connectivity index (χ0v) is 9.22. The van der Waals surface area contributed by atoms with Crippen molar-refractivity contribution in [2.75, 3.05) is 11.9 Å². The Morgan fingerprint density at radius 3 is 2.75 bits per heavy atom. The highest BCUT2D eigenvalue weighted by atomic mass is 19.1. The van der Waals surface area contributed by atoms with Crippen LogP contribution < -0.4 is 10.6 Å². The van der Waals surface area contributed by atoms with Crippen molar-refractivity contribution in [2.24, 2.45) is 0 Å². The number of amides is 1. The molecule has 1 aliphatic carbocycles. The summed E-state index contributed by atoms with van der Waals surface area (Å²) in [6.45, 7) is 2.30. The van der Waals surface area contributed by atoms with E-state index in [1.807, 2.05) is 0 Å². The highest BCUT2D eigenvalue weighted by Gasteiger charge is 2.36. The SMILES string of the molecule is CC1(NCC(=O)Nc2ccccc2F)CC1. The van der Waals surface area contributed by atoms with Gasteiger partial charge in [-0.15, -0.1) is 0 Å². The van der Waals surface area contributed by atoms with Crippen LogP contribution >= 0.6 is 0 Å². The minimum Gasteiger partial charge on any atom is -0.322 e. The van der Waals surface area contributed by atoms with Gasteiger partial charge >= 0.3 is 0 Å². The predicted octanol–water partition coefficient (Wildman–Crippen LogP) is 1.91. The third-order valence-corrected chi connectivity index (χ3v) is 2.82. The highest BCUT2D eigenvalue weighted by molar-refractivity contribution is 5.92. The summed E-state index contributed by atoms with van der Waals surface area (Å²) >= 11 is 0. The fraction of sp³-hybridized carbons (Fsp3) is 0.417. The maximum Gasteiger partial charge on any atom is 0.238 e. The monoisotopic (exact) mass is 222 g/mol. The number of hydrogen-bond donors (Lipinski definition) is 2. The van der Waals surface area contributed by atoms with Crippen LogP contribution in [0.25, 0.3) is 0 Å². The lowest BCUT2D eigenvalue weighted by Gasteiger charge is -2.11. The van der Waals surface area contributed by atoms with Gasteiger partial charge in [-0.1, -0.05) is 12.1 Å². The van der Waals surface area contributed by atoms with Crippen molar-refractivity contribution in [2.45, 2.75) is 25.3 Å². The molecule has 0 spiro atoms. The van der Waals surface area contributed by atoms with E-state index in [1.165, 1.54) is 6.07 Å². The lowest BCUT2D eigenvalue weighted by molar-refractivity contribution is -0.115. The Balaban J connectivity index is 1.85. The van der Waals surface area contributed by atoms with Gasteiger partial charge in [0.25, 0.3) is 0 Å². The lowest BCUT2D eigenvalue weighted by atomic mass is 10.3. The molecule has 0 radical (unpaired) electrons. The number of benzene rings is 1. The molecule has 1 aliphatic rings. The molecule has 3 nitrogen and oxygen atoms in total. The molecule has 4 heteroatoms. The van der Waals surface area contributed by atoms with Crippen LogP contribution in [0.3, 0.4) is 0 Å². The lowest BCUT2D eigenvalue weighted by Crippen LogP contribution is -2.35. The summed E-state index contributed by atoms with van der Waals surface area (Å²) in [7, 11) is 0. The zero-order valence-electron chi connectivity index (χ0n) is 9.22. The van der Waals surface area contributed by atoms with Crippen molar-refractivity contribution in [3.05, 3.63) is 30.1 Å². The number of halogens is 1. The molecule has 1 amide bonds. The first-order valence-corrected chi connectivity index (χ1v) is 5.38. The van der Waals surface area contributed by atoms with Gasteiger partial charge in [-0.25, -0.2) is 4.39 Å². The maximum absolute atomic E-state index is 13.2. The topological polar surface area (TPSA) is 41.1 Å². The third-order valence-electron chi connectivity index (χ3n) is 2.82. The van der Waals surface area contributed by atoms with Gasteiger partial charge in [0.2, 0.25) is 5.91 Å².